The summed E-state index contributed by atoms with van der Waals surface area (Å²) >= 11 is 6.07. The molecule has 0 amide bonds. The first-order valence-electron chi connectivity index (χ1n) is 7.73. The summed E-state index contributed by atoms with van der Waals surface area (Å²) in [5.41, 5.74) is 2.63. The number of halogens is 1. The molecule has 0 fully saturated rings. The van der Waals surface area contributed by atoms with Gasteiger partial charge in [0, 0.05) is 12.4 Å². The summed E-state index contributed by atoms with van der Waals surface area (Å²) in [5.74, 6) is 0.0595. The summed E-state index contributed by atoms with van der Waals surface area (Å²) in [6.07, 6.45) is 9.38. The van der Waals surface area contributed by atoms with Gasteiger partial charge in [0.25, 0.3) is 0 Å². The number of rotatable bonds is 2. The molecule has 1 aromatic carbocycles. The van der Waals surface area contributed by atoms with Crippen molar-refractivity contribution in [1.82, 2.24) is 9.88 Å². The summed E-state index contributed by atoms with van der Waals surface area (Å²) in [6, 6.07) is 13.5. The molecule has 0 N–H and O–H groups in total. The molecule has 24 heavy (non-hydrogen) atoms. The summed E-state index contributed by atoms with van der Waals surface area (Å²) in [5, 5.41) is 0.376. The average Bonchev–Trinajstić information content (AvgIpc) is 2.84. The van der Waals surface area contributed by atoms with Crippen LogP contribution in [0.25, 0.3) is 11.3 Å². The van der Waals surface area contributed by atoms with Gasteiger partial charge in [-0.2, -0.15) is 0 Å². The largest absolute Gasteiger partial charge is 0.330 e. The standard InChI is InChI=1S/C20H15ClN2O/c1-20-10-5-6-12-23(20)18(14-7-3-2-4-8-14)17(19(20)24)15-9-11-22-16(21)13-15/h2-13H,1H3. The Labute approximate surface area is 145 Å². The van der Waals surface area contributed by atoms with Crippen LogP contribution in [0.4, 0.5) is 0 Å². The molecule has 4 heteroatoms. The quantitative estimate of drug-likeness (QED) is 0.766. The van der Waals surface area contributed by atoms with Crippen LogP contribution in [0.3, 0.4) is 0 Å². The molecule has 1 unspecified atom stereocenters. The number of hydrogen-bond acceptors (Lipinski definition) is 3. The minimum absolute atomic E-state index is 0.0595. The Morgan fingerprint density at radius 2 is 1.88 bits per heavy atom. The maximum atomic E-state index is 13.3. The van der Waals surface area contributed by atoms with Gasteiger partial charge in [-0.1, -0.05) is 54.1 Å². The number of ketones is 1. The lowest BCUT2D eigenvalue weighted by Crippen LogP contribution is -2.43. The van der Waals surface area contributed by atoms with Crippen LogP contribution in [0.5, 0.6) is 0 Å². The molecule has 0 saturated heterocycles. The van der Waals surface area contributed by atoms with Crippen molar-refractivity contribution in [2.24, 2.45) is 0 Å². The number of allylic oxidation sites excluding steroid dienone is 2. The molecule has 0 saturated carbocycles. The van der Waals surface area contributed by atoms with Crippen molar-refractivity contribution in [1.29, 1.82) is 0 Å². The lowest BCUT2D eigenvalue weighted by molar-refractivity contribution is -0.118. The van der Waals surface area contributed by atoms with Gasteiger partial charge in [0.1, 0.15) is 10.7 Å². The lowest BCUT2D eigenvalue weighted by Gasteiger charge is -2.34. The number of fused-ring (bicyclic) bond motifs is 1. The van der Waals surface area contributed by atoms with E-state index in [4.69, 9.17) is 11.6 Å². The first-order valence-corrected chi connectivity index (χ1v) is 8.11. The van der Waals surface area contributed by atoms with Crippen LogP contribution in [0.15, 0.2) is 73.1 Å². The van der Waals surface area contributed by atoms with Crippen LogP contribution in [-0.2, 0) is 4.79 Å². The molecule has 0 bridgehead atoms. The summed E-state index contributed by atoms with van der Waals surface area (Å²) in [6.45, 7) is 1.94. The van der Waals surface area contributed by atoms with E-state index >= 15 is 0 Å². The molecule has 4 rings (SSSR count). The normalized spacial score (nSPS) is 22.2. The van der Waals surface area contributed by atoms with Gasteiger partial charge in [0.15, 0.2) is 5.78 Å². The van der Waals surface area contributed by atoms with Gasteiger partial charge in [-0.05, 0) is 36.3 Å². The third-order valence-corrected chi connectivity index (χ3v) is 4.70. The predicted octanol–water partition coefficient (Wildman–Crippen LogP) is 4.33. The molecule has 2 aromatic rings. The SMILES string of the molecule is CC12C=CC=CN1C(c1ccccc1)=C(c1ccnc(Cl)c1)C2=O. The Bertz CT molecular complexity index is 914. The number of carbonyl (C=O) groups is 1. The van der Waals surface area contributed by atoms with Gasteiger partial charge < -0.3 is 4.90 Å². The Kier molecular flexibility index (Phi) is 3.39. The molecule has 0 radical (unpaired) electrons. The first-order chi connectivity index (χ1) is 11.6. The number of benzene rings is 1. The highest BCUT2D eigenvalue weighted by molar-refractivity contribution is 6.36. The monoisotopic (exact) mass is 334 g/mol. The van der Waals surface area contributed by atoms with E-state index in [2.05, 4.69) is 4.98 Å². The van der Waals surface area contributed by atoms with Crippen LogP contribution in [-0.4, -0.2) is 21.2 Å². The van der Waals surface area contributed by atoms with Crippen molar-refractivity contribution in [2.75, 3.05) is 0 Å². The van der Waals surface area contributed by atoms with Crippen LogP contribution >= 0.6 is 11.6 Å². The van der Waals surface area contributed by atoms with Gasteiger partial charge in [0.2, 0.25) is 0 Å². The van der Waals surface area contributed by atoms with Gasteiger partial charge in [-0.25, -0.2) is 4.98 Å². The van der Waals surface area contributed by atoms with E-state index < -0.39 is 5.54 Å². The molecule has 2 aliphatic heterocycles. The molecule has 1 aromatic heterocycles. The van der Waals surface area contributed by atoms with E-state index in [0.717, 1.165) is 16.8 Å². The predicted molar refractivity (Wildman–Crippen MR) is 96.0 cm³/mol. The van der Waals surface area contributed by atoms with Crippen LogP contribution in [0.2, 0.25) is 5.15 Å². The van der Waals surface area contributed by atoms with Crippen molar-refractivity contribution in [3.8, 4) is 0 Å². The van der Waals surface area contributed by atoms with Crippen molar-refractivity contribution in [3.05, 3.63) is 89.4 Å². The molecule has 1 atom stereocenters. The van der Waals surface area contributed by atoms with Crippen molar-refractivity contribution >= 4 is 28.7 Å². The highest BCUT2D eigenvalue weighted by atomic mass is 35.5. The Morgan fingerprint density at radius 1 is 1.08 bits per heavy atom. The first kappa shape index (κ1) is 14.9. The topological polar surface area (TPSA) is 33.2 Å². The highest BCUT2D eigenvalue weighted by Gasteiger charge is 2.48. The Morgan fingerprint density at radius 3 is 2.62 bits per heavy atom. The van der Waals surface area contributed by atoms with Crippen molar-refractivity contribution < 1.29 is 4.79 Å². The second kappa shape index (κ2) is 5.46. The molecule has 0 spiro atoms. The fourth-order valence-electron chi connectivity index (χ4n) is 3.29. The highest BCUT2D eigenvalue weighted by Crippen LogP contribution is 2.46. The average molecular weight is 335 g/mol. The molecular weight excluding hydrogens is 320 g/mol. The fourth-order valence-corrected chi connectivity index (χ4v) is 3.47. The van der Waals surface area contributed by atoms with Gasteiger partial charge in [0.05, 0.1) is 11.3 Å². The van der Waals surface area contributed by atoms with Gasteiger partial charge in [-0.3, -0.25) is 4.79 Å². The third kappa shape index (κ3) is 2.13. The van der Waals surface area contributed by atoms with Crippen LogP contribution in [0.1, 0.15) is 18.1 Å². The maximum Gasteiger partial charge on any atom is 0.195 e. The Balaban J connectivity index is 2.01. The van der Waals surface area contributed by atoms with E-state index in [0.29, 0.717) is 10.7 Å². The molecule has 3 heterocycles. The van der Waals surface area contributed by atoms with E-state index in [1.165, 1.54) is 0 Å². The number of carbonyl (C=O) groups excluding carboxylic acids is 1. The number of nitrogens with zero attached hydrogens (tertiary/aromatic N) is 2. The molecular formula is C20H15ClN2O. The smallest absolute Gasteiger partial charge is 0.195 e. The number of pyridine rings is 1. The van der Waals surface area contributed by atoms with Crippen LogP contribution < -0.4 is 0 Å². The Hall–Kier alpha value is -2.65. The second-order valence-corrected chi connectivity index (χ2v) is 6.39. The third-order valence-electron chi connectivity index (χ3n) is 4.49. The van der Waals surface area contributed by atoms with Crippen LogP contribution in [0, 0.1) is 0 Å². The van der Waals surface area contributed by atoms with E-state index in [9.17, 15) is 4.79 Å². The van der Waals surface area contributed by atoms with Gasteiger partial charge >= 0.3 is 0 Å². The summed E-state index contributed by atoms with van der Waals surface area (Å²) in [7, 11) is 0. The zero-order valence-corrected chi connectivity index (χ0v) is 13.9. The molecule has 0 aliphatic carbocycles. The number of hydrogen-bond donors (Lipinski definition) is 0. The van der Waals surface area contributed by atoms with E-state index in [-0.39, 0.29) is 5.78 Å². The van der Waals surface area contributed by atoms with Crippen molar-refractivity contribution in [2.45, 2.75) is 12.5 Å². The van der Waals surface area contributed by atoms with E-state index in [1.54, 1.807) is 12.3 Å². The maximum absolute atomic E-state index is 13.3. The van der Waals surface area contributed by atoms with E-state index in [1.807, 2.05) is 72.6 Å². The molecule has 2 aliphatic rings. The minimum Gasteiger partial charge on any atom is -0.330 e. The molecule has 3 nitrogen and oxygen atoms in total. The van der Waals surface area contributed by atoms with Gasteiger partial charge in [-0.15, -0.1) is 0 Å². The van der Waals surface area contributed by atoms with Crippen molar-refractivity contribution in [3.63, 3.8) is 0 Å². The fraction of sp³-hybridized carbons (Fsp3) is 0.100. The number of aromatic nitrogens is 1. The minimum atomic E-state index is -0.717. The lowest BCUT2D eigenvalue weighted by atomic mass is 9.90. The summed E-state index contributed by atoms with van der Waals surface area (Å²) < 4.78 is 0. The molecule has 118 valence electrons. The number of Topliss-reactive ketones (excluding diaryl/α,β-unsaturated/α-hetero) is 1. The summed E-state index contributed by atoms with van der Waals surface area (Å²) in [4.78, 5) is 19.4. The zero-order chi connectivity index (χ0) is 16.7. The zero-order valence-electron chi connectivity index (χ0n) is 13.1. The second-order valence-electron chi connectivity index (χ2n) is 6.00.